The number of amides is 1. The first-order chi connectivity index (χ1) is 9.19. The summed E-state index contributed by atoms with van der Waals surface area (Å²) in [7, 11) is 0. The Kier molecular flexibility index (Phi) is 4.30. The van der Waals surface area contributed by atoms with E-state index in [1.54, 1.807) is 28.0 Å². The molecule has 0 radical (unpaired) electrons. The van der Waals surface area contributed by atoms with Gasteiger partial charge in [-0.25, -0.2) is 4.68 Å². The predicted octanol–water partition coefficient (Wildman–Crippen LogP) is 1.02. The molecule has 0 atom stereocenters. The molecule has 7 heteroatoms. The maximum Gasteiger partial charge on any atom is 0.246 e. The molecule has 1 amide bonds. The molecule has 19 heavy (non-hydrogen) atoms. The highest BCUT2D eigenvalue weighted by Crippen LogP contribution is 2.05. The highest BCUT2D eigenvalue weighted by atomic mass is 16.5. The molecule has 102 valence electrons. The molecule has 2 heterocycles. The summed E-state index contributed by atoms with van der Waals surface area (Å²) in [5.74, 6) is -0.136. The molecule has 0 spiro atoms. The van der Waals surface area contributed by atoms with E-state index in [9.17, 15) is 4.79 Å². The summed E-state index contributed by atoms with van der Waals surface area (Å²) in [6, 6.07) is 1.85. The van der Waals surface area contributed by atoms with Crippen LogP contribution in [0.1, 0.15) is 12.6 Å². The van der Waals surface area contributed by atoms with Crippen LogP contribution in [0, 0.1) is 6.92 Å². The Hall–Kier alpha value is -2.15. The Labute approximate surface area is 111 Å². The molecule has 0 saturated carbocycles. The molecule has 0 bridgehead atoms. The van der Waals surface area contributed by atoms with Crippen LogP contribution in [0.4, 0.5) is 5.69 Å². The van der Waals surface area contributed by atoms with Crippen molar-refractivity contribution in [2.45, 2.75) is 27.1 Å². The predicted molar refractivity (Wildman–Crippen MR) is 69.4 cm³/mol. The molecule has 0 unspecified atom stereocenters. The van der Waals surface area contributed by atoms with Crippen LogP contribution in [0.3, 0.4) is 0 Å². The highest BCUT2D eigenvalue weighted by Gasteiger charge is 2.07. The lowest BCUT2D eigenvalue weighted by molar-refractivity contribution is -0.116. The number of carbonyl (C=O) groups is 1. The SMILES string of the molecule is CCOCn1cc(NC(=O)Cn2nccc2C)cn1. The van der Waals surface area contributed by atoms with Crippen LogP contribution in [0.5, 0.6) is 0 Å². The third kappa shape index (κ3) is 3.65. The molecule has 1 N–H and O–H groups in total. The minimum absolute atomic E-state index is 0.136. The number of aryl methyl sites for hydroxylation is 1. The summed E-state index contributed by atoms with van der Waals surface area (Å²) in [5.41, 5.74) is 1.59. The van der Waals surface area contributed by atoms with E-state index >= 15 is 0 Å². The largest absolute Gasteiger partial charge is 0.360 e. The molecule has 0 fully saturated rings. The van der Waals surface area contributed by atoms with Gasteiger partial charge in [0.1, 0.15) is 13.3 Å². The van der Waals surface area contributed by atoms with E-state index in [-0.39, 0.29) is 12.5 Å². The second-order valence-electron chi connectivity index (χ2n) is 4.07. The van der Waals surface area contributed by atoms with Crippen molar-refractivity contribution >= 4 is 11.6 Å². The minimum Gasteiger partial charge on any atom is -0.360 e. The molecular formula is C12H17N5O2. The number of ether oxygens (including phenoxy) is 1. The van der Waals surface area contributed by atoms with Gasteiger partial charge in [-0.05, 0) is 19.9 Å². The topological polar surface area (TPSA) is 74.0 Å². The van der Waals surface area contributed by atoms with E-state index < -0.39 is 0 Å². The first kappa shape index (κ1) is 13.3. The van der Waals surface area contributed by atoms with Crippen LogP contribution in [0.15, 0.2) is 24.7 Å². The van der Waals surface area contributed by atoms with E-state index in [0.717, 1.165) is 5.69 Å². The van der Waals surface area contributed by atoms with E-state index in [4.69, 9.17) is 4.74 Å². The highest BCUT2D eigenvalue weighted by molar-refractivity contribution is 5.90. The van der Waals surface area contributed by atoms with Gasteiger partial charge in [-0.1, -0.05) is 0 Å². The van der Waals surface area contributed by atoms with Crippen molar-refractivity contribution in [3.8, 4) is 0 Å². The molecule has 2 rings (SSSR count). The Morgan fingerprint density at radius 3 is 3.00 bits per heavy atom. The van der Waals surface area contributed by atoms with Crippen LogP contribution in [0.2, 0.25) is 0 Å². The van der Waals surface area contributed by atoms with E-state index in [0.29, 0.717) is 19.0 Å². The van der Waals surface area contributed by atoms with E-state index in [1.807, 2.05) is 19.9 Å². The van der Waals surface area contributed by atoms with Gasteiger partial charge in [-0.2, -0.15) is 10.2 Å². The second kappa shape index (κ2) is 6.14. The van der Waals surface area contributed by atoms with Gasteiger partial charge in [-0.3, -0.25) is 9.48 Å². The number of carbonyl (C=O) groups excluding carboxylic acids is 1. The van der Waals surface area contributed by atoms with Crippen LogP contribution in [0.25, 0.3) is 0 Å². The van der Waals surface area contributed by atoms with Crippen molar-refractivity contribution in [2.75, 3.05) is 11.9 Å². The zero-order chi connectivity index (χ0) is 13.7. The molecule has 7 nitrogen and oxygen atoms in total. The zero-order valence-corrected chi connectivity index (χ0v) is 11.0. The van der Waals surface area contributed by atoms with Crippen LogP contribution in [-0.4, -0.2) is 32.1 Å². The Morgan fingerprint density at radius 2 is 2.32 bits per heavy atom. The summed E-state index contributed by atoms with van der Waals surface area (Å²) >= 11 is 0. The van der Waals surface area contributed by atoms with Crippen molar-refractivity contribution < 1.29 is 9.53 Å². The number of nitrogens with one attached hydrogen (secondary N) is 1. The average molecular weight is 263 g/mol. The quantitative estimate of drug-likeness (QED) is 0.844. The van der Waals surface area contributed by atoms with Gasteiger partial charge >= 0.3 is 0 Å². The molecule has 0 aromatic carbocycles. The normalized spacial score (nSPS) is 10.6. The van der Waals surface area contributed by atoms with Gasteiger partial charge in [-0.15, -0.1) is 0 Å². The smallest absolute Gasteiger partial charge is 0.246 e. The first-order valence-corrected chi connectivity index (χ1v) is 6.07. The Balaban J connectivity index is 1.88. The standard InChI is InChI=1S/C12H17N5O2/c1-3-19-9-16-7-11(6-14-16)15-12(18)8-17-10(2)4-5-13-17/h4-7H,3,8-9H2,1-2H3,(H,15,18). The number of rotatable bonds is 6. The van der Waals surface area contributed by atoms with Crippen LogP contribution in [-0.2, 0) is 22.8 Å². The lowest BCUT2D eigenvalue weighted by Crippen LogP contribution is -2.19. The number of anilines is 1. The second-order valence-corrected chi connectivity index (χ2v) is 4.07. The van der Waals surface area contributed by atoms with Gasteiger partial charge < -0.3 is 10.1 Å². The number of hydrogen-bond donors (Lipinski definition) is 1. The summed E-state index contributed by atoms with van der Waals surface area (Å²) in [6.07, 6.45) is 4.99. The zero-order valence-electron chi connectivity index (χ0n) is 11.0. The Bertz CT molecular complexity index is 546. The van der Waals surface area contributed by atoms with Gasteiger partial charge in [0.05, 0.1) is 18.1 Å². The summed E-state index contributed by atoms with van der Waals surface area (Å²) < 4.78 is 8.47. The fourth-order valence-electron chi connectivity index (χ4n) is 1.58. The van der Waals surface area contributed by atoms with Gasteiger partial charge in [0.15, 0.2) is 0 Å². The van der Waals surface area contributed by atoms with Crippen molar-refractivity contribution in [1.82, 2.24) is 19.6 Å². The van der Waals surface area contributed by atoms with E-state index in [2.05, 4.69) is 15.5 Å². The Morgan fingerprint density at radius 1 is 1.47 bits per heavy atom. The van der Waals surface area contributed by atoms with Crippen molar-refractivity contribution in [1.29, 1.82) is 0 Å². The molecule has 0 aliphatic carbocycles. The van der Waals surface area contributed by atoms with Crippen molar-refractivity contribution in [3.05, 3.63) is 30.4 Å². The fraction of sp³-hybridized carbons (Fsp3) is 0.417. The number of hydrogen-bond acceptors (Lipinski definition) is 4. The fourth-order valence-corrected chi connectivity index (χ4v) is 1.58. The van der Waals surface area contributed by atoms with E-state index in [1.165, 1.54) is 0 Å². The molecule has 0 saturated heterocycles. The summed E-state index contributed by atoms with van der Waals surface area (Å²) in [4.78, 5) is 11.8. The average Bonchev–Trinajstić information content (AvgIpc) is 2.97. The minimum atomic E-state index is -0.136. The maximum absolute atomic E-state index is 11.8. The maximum atomic E-state index is 11.8. The lowest BCUT2D eigenvalue weighted by atomic mass is 10.4. The number of aromatic nitrogens is 4. The molecule has 2 aromatic rings. The molecule has 0 aliphatic rings. The third-order valence-electron chi connectivity index (χ3n) is 2.57. The van der Waals surface area contributed by atoms with Gasteiger partial charge in [0, 0.05) is 18.5 Å². The third-order valence-corrected chi connectivity index (χ3v) is 2.57. The summed E-state index contributed by atoms with van der Waals surface area (Å²) in [5, 5.41) is 10.9. The first-order valence-electron chi connectivity index (χ1n) is 6.07. The molecular weight excluding hydrogens is 246 g/mol. The van der Waals surface area contributed by atoms with Crippen LogP contribution < -0.4 is 5.32 Å². The van der Waals surface area contributed by atoms with Crippen molar-refractivity contribution in [2.24, 2.45) is 0 Å². The molecule has 0 aliphatic heterocycles. The van der Waals surface area contributed by atoms with Gasteiger partial charge in [0.25, 0.3) is 0 Å². The monoisotopic (exact) mass is 263 g/mol. The summed E-state index contributed by atoms with van der Waals surface area (Å²) in [6.45, 7) is 5.01. The van der Waals surface area contributed by atoms with Crippen LogP contribution >= 0.6 is 0 Å². The molecule has 2 aromatic heterocycles. The lowest BCUT2D eigenvalue weighted by Gasteiger charge is -2.04. The van der Waals surface area contributed by atoms with Gasteiger partial charge in [0.2, 0.25) is 5.91 Å². The van der Waals surface area contributed by atoms with Crippen molar-refractivity contribution in [3.63, 3.8) is 0 Å². The number of nitrogens with zero attached hydrogens (tertiary/aromatic N) is 4.